The van der Waals surface area contributed by atoms with Gasteiger partial charge in [-0.05, 0) is 92.3 Å². The van der Waals surface area contributed by atoms with Gasteiger partial charge in [-0.3, -0.25) is 4.99 Å². The van der Waals surface area contributed by atoms with Crippen molar-refractivity contribution in [2.75, 3.05) is 4.90 Å². The molecule has 0 atom stereocenters. The Morgan fingerprint density at radius 1 is 0.634 bits per heavy atom. The molecule has 0 spiro atoms. The van der Waals surface area contributed by atoms with E-state index >= 15 is 0 Å². The molecule has 0 bridgehead atoms. The number of hydrogen-bond acceptors (Lipinski definition) is 2. The highest BCUT2D eigenvalue weighted by Gasteiger charge is 2.35. The molecule has 2 aliphatic rings. The first kappa shape index (κ1) is 23.9. The van der Waals surface area contributed by atoms with Gasteiger partial charge >= 0.3 is 0 Å². The largest absolute Gasteiger partial charge is 0.335 e. The predicted octanol–water partition coefficient (Wildman–Crippen LogP) is 10.5. The topological polar surface area (TPSA) is 15.6 Å². The molecule has 0 amide bonds. The Morgan fingerprint density at radius 3 is 2.27 bits per heavy atom. The third kappa shape index (κ3) is 3.47. The molecular weight excluding hydrogens is 496 g/mol. The standard InChI is InChI=1S/C39H30N2/c1-39(2)33-13-7-6-12-30(33)31-20-18-27(23-34(31)39)26-19-21-36-32(22-26)38-28(17-16-25-10-4-5-11-29(25)38)24-41(36)37-15-9-8-14-35(37)40-3/h4-23H,3,24H2,1-2H3. The Morgan fingerprint density at radius 2 is 1.37 bits per heavy atom. The summed E-state index contributed by atoms with van der Waals surface area (Å²) in [6, 6.07) is 44.4. The Bertz CT molecular complexity index is 2030. The molecule has 0 N–H and O–H groups in total. The van der Waals surface area contributed by atoms with E-state index in [4.69, 9.17) is 0 Å². The lowest BCUT2D eigenvalue weighted by atomic mass is 9.81. The van der Waals surface area contributed by atoms with Crippen LogP contribution in [0.1, 0.15) is 30.5 Å². The summed E-state index contributed by atoms with van der Waals surface area (Å²) in [5, 5.41) is 2.56. The number of para-hydroxylation sites is 2. The molecule has 2 heteroatoms. The molecule has 0 aromatic heterocycles. The zero-order valence-electron chi connectivity index (χ0n) is 23.4. The highest BCUT2D eigenvalue weighted by atomic mass is 15.2. The van der Waals surface area contributed by atoms with E-state index in [-0.39, 0.29) is 5.41 Å². The summed E-state index contributed by atoms with van der Waals surface area (Å²) in [4.78, 5) is 6.75. The van der Waals surface area contributed by atoms with Gasteiger partial charge in [-0.25, -0.2) is 0 Å². The van der Waals surface area contributed by atoms with Crippen LogP contribution >= 0.6 is 0 Å². The molecule has 1 aliphatic heterocycles. The van der Waals surface area contributed by atoms with Crippen LogP contribution in [0.4, 0.5) is 17.1 Å². The summed E-state index contributed by atoms with van der Waals surface area (Å²) >= 11 is 0. The van der Waals surface area contributed by atoms with E-state index in [1.54, 1.807) is 0 Å². The van der Waals surface area contributed by atoms with Gasteiger partial charge in [0.25, 0.3) is 0 Å². The number of benzene rings is 6. The average molecular weight is 527 g/mol. The molecule has 196 valence electrons. The molecule has 6 aromatic rings. The lowest BCUT2D eigenvalue weighted by molar-refractivity contribution is 0.660. The van der Waals surface area contributed by atoms with Gasteiger partial charge < -0.3 is 4.90 Å². The minimum Gasteiger partial charge on any atom is -0.335 e. The van der Waals surface area contributed by atoms with E-state index in [2.05, 4.69) is 140 Å². The second kappa shape index (κ2) is 8.78. The molecule has 1 aliphatic carbocycles. The van der Waals surface area contributed by atoms with Crippen molar-refractivity contribution in [2.45, 2.75) is 25.8 Å². The third-order valence-corrected chi connectivity index (χ3v) is 9.16. The van der Waals surface area contributed by atoms with Gasteiger partial charge in [-0.2, -0.15) is 0 Å². The Kier molecular flexibility index (Phi) is 5.11. The van der Waals surface area contributed by atoms with E-state index in [1.807, 2.05) is 12.1 Å². The zero-order chi connectivity index (χ0) is 27.7. The van der Waals surface area contributed by atoms with E-state index in [0.29, 0.717) is 0 Å². The van der Waals surface area contributed by atoms with Crippen LogP contribution in [0, 0.1) is 0 Å². The maximum Gasteiger partial charge on any atom is 0.0859 e. The van der Waals surface area contributed by atoms with Crippen molar-refractivity contribution < 1.29 is 0 Å². The lowest BCUT2D eigenvalue weighted by Crippen LogP contribution is -2.21. The highest BCUT2D eigenvalue weighted by molar-refractivity contribution is 6.05. The van der Waals surface area contributed by atoms with Gasteiger partial charge in [0.1, 0.15) is 0 Å². The van der Waals surface area contributed by atoms with E-state index in [9.17, 15) is 0 Å². The first-order chi connectivity index (χ1) is 20.0. The number of aliphatic imine (C=N–C) groups is 1. The Balaban J connectivity index is 1.34. The van der Waals surface area contributed by atoms with Crippen LogP contribution < -0.4 is 4.90 Å². The number of nitrogens with zero attached hydrogens (tertiary/aromatic N) is 2. The molecule has 0 fully saturated rings. The van der Waals surface area contributed by atoms with Crippen molar-refractivity contribution in [3.8, 4) is 33.4 Å². The summed E-state index contributed by atoms with van der Waals surface area (Å²) in [5.41, 5.74) is 15.0. The zero-order valence-corrected chi connectivity index (χ0v) is 23.4. The maximum atomic E-state index is 4.36. The van der Waals surface area contributed by atoms with Gasteiger partial charge in [-0.1, -0.05) is 105 Å². The predicted molar refractivity (Wildman–Crippen MR) is 174 cm³/mol. The van der Waals surface area contributed by atoms with E-state index < -0.39 is 0 Å². The van der Waals surface area contributed by atoms with Crippen LogP contribution in [-0.4, -0.2) is 6.72 Å². The minimum atomic E-state index is -0.0306. The third-order valence-electron chi connectivity index (χ3n) is 9.16. The smallest absolute Gasteiger partial charge is 0.0859 e. The molecule has 0 unspecified atom stereocenters. The fraction of sp³-hybridized carbons (Fsp3) is 0.103. The van der Waals surface area contributed by atoms with Crippen LogP contribution in [-0.2, 0) is 12.0 Å². The normalized spacial score (nSPS) is 14.2. The minimum absolute atomic E-state index is 0.0306. The van der Waals surface area contributed by atoms with Crippen molar-refractivity contribution in [1.82, 2.24) is 0 Å². The van der Waals surface area contributed by atoms with Gasteiger partial charge in [0.15, 0.2) is 0 Å². The number of hydrogen-bond donors (Lipinski definition) is 0. The Hall–Kier alpha value is -4.95. The van der Waals surface area contributed by atoms with E-state index in [0.717, 1.165) is 17.9 Å². The van der Waals surface area contributed by atoms with Crippen molar-refractivity contribution >= 4 is 34.6 Å². The SMILES string of the molecule is C=Nc1ccccc1N1Cc2ccc3ccccc3c2-c2cc(-c3ccc4c(c3)C(C)(C)c3ccccc3-4)ccc21. The number of rotatable bonds is 3. The average Bonchev–Trinajstić information content (AvgIpc) is 3.26. The summed E-state index contributed by atoms with van der Waals surface area (Å²) in [6.45, 7) is 9.34. The Labute approximate surface area is 241 Å². The fourth-order valence-corrected chi connectivity index (χ4v) is 7.10. The molecule has 0 saturated carbocycles. The number of fused-ring (bicyclic) bond motifs is 8. The van der Waals surface area contributed by atoms with Gasteiger partial charge in [0.2, 0.25) is 0 Å². The van der Waals surface area contributed by atoms with Gasteiger partial charge in [-0.15, -0.1) is 0 Å². The molecule has 0 saturated heterocycles. The fourth-order valence-electron chi connectivity index (χ4n) is 7.10. The highest BCUT2D eigenvalue weighted by Crippen LogP contribution is 2.51. The van der Waals surface area contributed by atoms with Crippen LogP contribution in [0.5, 0.6) is 0 Å². The van der Waals surface area contributed by atoms with Crippen molar-refractivity contribution in [3.63, 3.8) is 0 Å². The molecule has 6 aromatic carbocycles. The molecule has 41 heavy (non-hydrogen) atoms. The molecule has 1 heterocycles. The maximum absolute atomic E-state index is 4.36. The quantitative estimate of drug-likeness (QED) is 0.209. The summed E-state index contributed by atoms with van der Waals surface area (Å²) in [5.74, 6) is 0. The summed E-state index contributed by atoms with van der Waals surface area (Å²) < 4.78 is 0. The van der Waals surface area contributed by atoms with E-state index in [1.165, 1.54) is 66.5 Å². The first-order valence-corrected chi connectivity index (χ1v) is 14.3. The van der Waals surface area contributed by atoms with Crippen molar-refractivity contribution in [3.05, 3.63) is 138 Å². The van der Waals surface area contributed by atoms with Crippen LogP contribution in [0.3, 0.4) is 0 Å². The molecular formula is C39H30N2. The first-order valence-electron chi connectivity index (χ1n) is 14.3. The van der Waals surface area contributed by atoms with Crippen molar-refractivity contribution in [1.29, 1.82) is 0 Å². The van der Waals surface area contributed by atoms with Crippen LogP contribution in [0.2, 0.25) is 0 Å². The van der Waals surface area contributed by atoms with Crippen LogP contribution in [0.15, 0.2) is 126 Å². The molecule has 0 radical (unpaired) electrons. The number of anilines is 2. The van der Waals surface area contributed by atoms with Gasteiger partial charge in [0, 0.05) is 23.2 Å². The summed E-state index contributed by atoms with van der Waals surface area (Å²) in [7, 11) is 0. The summed E-state index contributed by atoms with van der Waals surface area (Å²) in [6.07, 6.45) is 0. The second-order valence-electron chi connectivity index (χ2n) is 11.7. The lowest BCUT2D eigenvalue weighted by Gasteiger charge is -2.34. The molecule has 8 rings (SSSR count). The van der Waals surface area contributed by atoms with Crippen molar-refractivity contribution in [2.24, 2.45) is 4.99 Å². The second-order valence-corrected chi connectivity index (χ2v) is 11.7. The van der Waals surface area contributed by atoms with Gasteiger partial charge in [0.05, 0.1) is 11.4 Å². The monoisotopic (exact) mass is 526 g/mol. The van der Waals surface area contributed by atoms with Crippen LogP contribution in [0.25, 0.3) is 44.2 Å². The molecule has 2 nitrogen and oxygen atoms in total.